The smallest absolute Gasteiger partial charge is 0.130 e. The molecule has 1 aromatic rings. The molecule has 0 heterocycles. The van der Waals surface area contributed by atoms with Gasteiger partial charge in [-0.1, -0.05) is 30.4 Å². The van der Waals surface area contributed by atoms with Crippen molar-refractivity contribution in [1.29, 1.82) is 0 Å². The molecule has 1 aromatic carbocycles. The second-order valence-electron chi connectivity index (χ2n) is 4.05. The third-order valence-corrected chi connectivity index (χ3v) is 2.68. The van der Waals surface area contributed by atoms with E-state index in [1.165, 1.54) is 6.07 Å². The SMILES string of the molecule is CCOc1ccc(C(O)=CC=C2C=CC=C2)c(O)c1. The standard InChI is InChI=1S/C16H16O3/c1-2-19-13-8-9-14(16(18)11-13)15(17)10-7-12-5-3-4-6-12/h3-11,17-18H,2H2,1H3. The number of ether oxygens (including phenoxy) is 1. The Kier molecular flexibility index (Phi) is 4.08. The molecular formula is C16H16O3. The Morgan fingerprint density at radius 3 is 2.63 bits per heavy atom. The van der Waals surface area contributed by atoms with Gasteiger partial charge in [0.1, 0.15) is 17.3 Å². The van der Waals surface area contributed by atoms with Gasteiger partial charge in [0.15, 0.2) is 0 Å². The van der Waals surface area contributed by atoms with Gasteiger partial charge in [-0.15, -0.1) is 0 Å². The van der Waals surface area contributed by atoms with Crippen LogP contribution < -0.4 is 4.74 Å². The van der Waals surface area contributed by atoms with Gasteiger partial charge in [-0.3, -0.25) is 0 Å². The minimum absolute atomic E-state index is 0.00407. The van der Waals surface area contributed by atoms with Gasteiger partial charge >= 0.3 is 0 Å². The van der Waals surface area contributed by atoms with Gasteiger partial charge in [-0.05, 0) is 30.7 Å². The molecule has 2 rings (SSSR count). The molecule has 0 unspecified atom stereocenters. The molecule has 0 atom stereocenters. The lowest BCUT2D eigenvalue weighted by Crippen LogP contribution is -1.92. The maximum absolute atomic E-state index is 9.95. The van der Waals surface area contributed by atoms with Crippen LogP contribution in [0.3, 0.4) is 0 Å². The van der Waals surface area contributed by atoms with E-state index in [0.29, 0.717) is 17.9 Å². The number of aliphatic hydroxyl groups is 1. The number of phenolic OH excluding ortho intramolecular Hbond substituents is 1. The molecule has 0 aromatic heterocycles. The van der Waals surface area contributed by atoms with Crippen molar-refractivity contribution < 1.29 is 14.9 Å². The lowest BCUT2D eigenvalue weighted by molar-refractivity contribution is 0.337. The van der Waals surface area contributed by atoms with E-state index in [-0.39, 0.29) is 11.5 Å². The Morgan fingerprint density at radius 1 is 1.26 bits per heavy atom. The molecule has 0 radical (unpaired) electrons. The second kappa shape index (κ2) is 5.96. The van der Waals surface area contributed by atoms with Crippen LogP contribution in [-0.4, -0.2) is 16.8 Å². The van der Waals surface area contributed by atoms with E-state index in [0.717, 1.165) is 5.57 Å². The van der Waals surface area contributed by atoms with Gasteiger partial charge in [-0.2, -0.15) is 0 Å². The third-order valence-electron chi connectivity index (χ3n) is 2.68. The van der Waals surface area contributed by atoms with Crippen molar-refractivity contribution >= 4 is 5.76 Å². The van der Waals surface area contributed by atoms with E-state index in [4.69, 9.17) is 4.74 Å². The van der Waals surface area contributed by atoms with E-state index in [9.17, 15) is 10.2 Å². The fraction of sp³-hybridized carbons (Fsp3) is 0.125. The normalized spacial score (nSPS) is 13.9. The Bertz CT molecular complexity index is 564. The molecule has 3 heteroatoms. The first-order chi connectivity index (χ1) is 9.20. The minimum Gasteiger partial charge on any atom is -0.507 e. The Balaban J connectivity index is 2.21. The van der Waals surface area contributed by atoms with Crippen molar-refractivity contribution in [2.24, 2.45) is 0 Å². The van der Waals surface area contributed by atoms with Gasteiger partial charge in [0.05, 0.1) is 12.2 Å². The van der Waals surface area contributed by atoms with Crippen molar-refractivity contribution in [3.05, 3.63) is 65.8 Å². The van der Waals surface area contributed by atoms with Gasteiger partial charge in [-0.25, -0.2) is 0 Å². The van der Waals surface area contributed by atoms with E-state index < -0.39 is 0 Å². The molecular weight excluding hydrogens is 240 g/mol. The Hall–Kier alpha value is -2.42. The third kappa shape index (κ3) is 3.28. The Labute approximate surface area is 112 Å². The summed E-state index contributed by atoms with van der Waals surface area (Å²) < 4.78 is 5.27. The van der Waals surface area contributed by atoms with Crippen LogP contribution in [-0.2, 0) is 0 Å². The molecule has 0 spiro atoms. The summed E-state index contributed by atoms with van der Waals surface area (Å²) in [6.45, 7) is 2.41. The van der Waals surface area contributed by atoms with E-state index in [1.807, 2.05) is 31.2 Å². The van der Waals surface area contributed by atoms with Gasteiger partial charge in [0, 0.05) is 6.07 Å². The van der Waals surface area contributed by atoms with Gasteiger partial charge in [0.25, 0.3) is 0 Å². The summed E-state index contributed by atoms with van der Waals surface area (Å²) in [6, 6.07) is 4.83. The second-order valence-corrected chi connectivity index (χ2v) is 4.05. The van der Waals surface area contributed by atoms with Crippen molar-refractivity contribution in [1.82, 2.24) is 0 Å². The molecule has 3 nitrogen and oxygen atoms in total. The van der Waals surface area contributed by atoms with Crippen molar-refractivity contribution in [2.75, 3.05) is 6.61 Å². The van der Waals surface area contributed by atoms with Crippen LogP contribution in [0.1, 0.15) is 12.5 Å². The highest BCUT2D eigenvalue weighted by molar-refractivity contribution is 5.67. The summed E-state index contributed by atoms with van der Waals surface area (Å²) >= 11 is 0. The van der Waals surface area contributed by atoms with Crippen LogP contribution in [0.5, 0.6) is 11.5 Å². The summed E-state index contributed by atoms with van der Waals surface area (Å²) in [5.74, 6) is 0.592. The van der Waals surface area contributed by atoms with Crippen LogP contribution in [0.25, 0.3) is 5.76 Å². The van der Waals surface area contributed by atoms with Crippen molar-refractivity contribution in [2.45, 2.75) is 6.92 Å². The van der Waals surface area contributed by atoms with E-state index in [2.05, 4.69) is 0 Å². The highest BCUT2D eigenvalue weighted by Gasteiger charge is 2.06. The van der Waals surface area contributed by atoms with Crippen LogP contribution in [0.15, 0.2) is 60.2 Å². The number of allylic oxidation sites excluding steroid dienone is 7. The monoisotopic (exact) mass is 256 g/mol. The maximum Gasteiger partial charge on any atom is 0.130 e. The first-order valence-electron chi connectivity index (χ1n) is 6.12. The quantitative estimate of drug-likeness (QED) is 0.807. The summed E-state index contributed by atoms with van der Waals surface area (Å²) in [5, 5.41) is 19.8. The molecule has 19 heavy (non-hydrogen) atoms. The van der Waals surface area contributed by atoms with Crippen LogP contribution in [0.4, 0.5) is 0 Å². The molecule has 0 aliphatic heterocycles. The number of hydrogen-bond donors (Lipinski definition) is 2. The summed E-state index contributed by atoms with van der Waals surface area (Å²) in [6.07, 6.45) is 11.1. The molecule has 98 valence electrons. The topological polar surface area (TPSA) is 49.7 Å². The predicted molar refractivity (Wildman–Crippen MR) is 76.2 cm³/mol. The van der Waals surface area contributed by atoms with Gasteiger partial charge < -0.3 is 14.9 Å². The van der Waals surface area contributed by atoms with E-state index in [1.54, 1.807) is 24.3 Å². The molecule has 0 bridgehead atoms. The summed E-state index contributed by atoms with van der Waals surface area (Å²) in [4.78, 5) is 0. The maximum atomic E-state index is 9.95. The first kappa shape index (κ1) is 13.0. The average molecular weight is 256 g/mol. The molecule has 0 amide bonds. The average Bonchev–Trinajstić information content (AvgIpc) is 2.89. The van der Waals surface area contributed by atoms with Crippen LogP contribution in [0.2, 0.25) is 0 Å². The zero-order valence-electron chi connectivity index (χ0n) is 10.7. The lowest BCUT2D eigenvalue weighted by Gasteiger charge is -2.07. The predicted octanol–water partition coefficient (Wildman–Crippen LogP) is 3.74. The first-order valence-corrected chi connectivity index (χ1v) is 6.12. The summed E-state index contributed by atoms with van der Waals surface area (Å²) in [7, 11) is 0. The zero-order valence-corrected chi connectivity index (χ0v) is 10.7. The highest BCUT2D eigenvalue weighted by Crippen LogP contribution is 2.28. The van der Waals surface area contributed by atoms with Gasteiger partial charge in [0.2, 0.25) is 0 Å². The molecule has 0 saturated carbocycles. The number of aliphatic hydroxyl groups excluding tert-OH is 1. The fourth-order valence-electron chi connectivity index (χ4n) is 1.75. The van der Waals surface area contributed by atoms with Crippen LogP contribution >= 0.6 is 0 Å². The number of aromatic hydroxyl groups is 1. The van der Waals surface area contributed by atoms with Crippen molar-refractivity contribution in [3.63, 3.8) is 0 Å². The lowest BCUT2D eigenvalue weighted by atomic mass is 10.1. The molecule has 0 saturated heterocycles. The number of phenols is 1. The van der Waals surface area contributed by atoms with E-state index >= 15 is 0 Å². The number of rotatable bonds is 4. The highest BCUT2D eigenvalue weighted by atomic mass is 16.5. The summed E-state index contributed by atoms with van der Waals surface area (Å²) in [5.41, 5.74) is 1.38. The van der Waals surface area contributed by atoms with Crippen molar-refractivity contribution in [3.8, 4) is 11.5 Å². The molecule has 2 N–H and O–H groups in total. The largest absolute Gasteiger partial charge is 0.507 e. The molecule has 1 aliphatic carbocycles. The van der Waals surface area contributed by atoms with Crippen LogP contribution in [0, 0.1) is 0 Å². The number of hydrogen-bond acceptors (Lipinski definition) is 3. The number of benzene rings is 1. The Morgan fingerprint density at radius 2 is 2.00 bits per heavy atom. The molecule has 0 fully saturated rings. The fourth-order valence-corrected chi connectivity index (χ4v) is 1.75. The minimum atomic E-state index is -0.00407. The zero-order chi connectivity index (χ0) is 13.7. The molecule has 1 aliphatic rings.